The Morgan fingerprint density at radius 2 is 0.473 bits per heavy atom. The van der Waals surface area contributed by atoms with E-state index in [1.807, 2.05) is 30.4 Å². The topological polar surface area (TPSA) is 237 Å². The van der Waals surface area contributed by atoms with E-state index in [0.29, 0.717) is 38.5 Å². The fourth-order valence-corrected chi connectivity index (χ4v) is 11.2. The molecule has 5 unspecified atom stereocenters. The minimum absolute atomic E-state index is 0.0165. The van der Waals surface area contributed by atoms with Crippen molar-refractivity contribution in [3.05, 3.63) is 231 Å². The van der Waals surface area contributed by atoms with Crippen molar-refractivity contribution in [3.8, 4) is 0 Å². The van der Waals surface area contributed by atoms with E-state index in [1.54, 1.807) is 0 Å². The third-order valence-electron chi connectivity index (χ3n) is 15.6. The molecule has 0 aromatic carbocycles. The number of hydrogen-bond donors (Lipinski definition) is 3. The van der Waals surface area contributed by atoms with E-state index in [-0.39, 0.29) is 25.7 Å². The molecule has 0 amide bonds. The van der Waals surface area contributed by atoms with E-state index in [1.165, 1.54) is 0 Å². The Morgan fingerprint density at radius 3 is 0.773 bits per heavy atom. The van der Waals surface area contributed by atoms with E-state index < -0.39 is 97.5 Å². The molecule has 0 heterocycles. The number of allylic oxidation sites excluding steroid dienone is 38. The Hall–Kier alpha value is -6.88. The average Bonchev–Trinajstić information content (AvgIpc) is 0.900. The highest BCUT2D eigenvalue weighted by atomic mass is 31.2. The number of rotatable bonds is 73. The summed E-state index contributed by atoms with van der Waals surface area (Å²) in [5.74, 6) is -2.43. The minimum Gasteiger partial charge on any atom is -0.462 e. The molecule has 0 bridgehead atoms. The number of carbonyl (C=O) groups excluding carboxylic acids is 4. The van der Waals surface area contributed by atoms with Gasteiger partial charge in [0.25, 0.3) is 0 Å². The SMILES string of the molecule is CC/C=C\C/C=C\C/C=C\C/C=C\C/C=C\C/C=C\CCC(=O)OCC(COP(=O)(O)OCC(O)COP(=O)(O)OCC(COC(=O)CCC/C=C\C/C=C\C/C=C\C/C=C\C/C=C\CC)OC(=O)CCCCCCC/C=C\C/C=C\C/C=C\CC)OC(=O)CCCCC/C=C\C/C=C\C/C=C\C/C=C\C/C=C\CC. The Morgan fingerprint density at radius 1 is 0.255 bits per heavy atom. The number of aliphatic hydroxyl groups excluding tert-OH is 1. The van der Waals surface area contributed by atoms with E-state index in [2.05, 4.69) is 228 Å². The lowest BCUT2D eigenvalue weighted by molar-refractivity contribution is -0.161. The maximum atomic E-state index is 13.1. The van der Waals surface area contributed by atoms with Crippen molar-refractivity contribution in [2.24, 2.45) is 0 Å². The first-order valence-electron chi connectivity index (χ1n) is 40.6. The zero-order valence-corrected chi connectivity index (χ0v) is 69.1. The zero-order valence-electron chi connectivity index (χ0n) is 67.3. The van der Waals surface area contributed by atoms with Crippen LogP contribution in [0.2, 0.25) is 0 Å². The van der Waals surface area contributed by atoms with E-state index in [0.717, 1.165) is 167 Å². The number of phosphoric ester groups is 2. The van der Waals surface area contributed by atoms with Crippen LogP contribution in [0.25, 0.3) is 0 Å². The third kappa shape index (κ3) is 79.2. The predicted molar refractivity (Wildman–Crippen MR) is 454 cm³/mol. The molecule has 5 atom stereocenters. The lowest BCUT2D eigenvalue weighted by atomic mass is 10.1. The van der Waals surface area contributed by atoms with Crippen LogP contribution in [0, 0.1) is 0 Å². The van der Waals surface area contributed by atoms with Crippen molar-refractivity contribution in [1.82, 2.24) is 0 Å². The van der Waals surface area contributed by atoms with Gasteiger partial charge in [-0.05, 0) is 180 Å². The van der Waals surface area contributed by atoms with Crippen molar-refractivity contribution >= 4 is 39.5 Å². The second-order valence-electron chi connectivity index (χ2n) is 25.8. The van der Waals surface area contributed by atoms with Crippen LogP contribution in [0.15, 0.2) is 231 Å². The number of phosphoric acid groups is 2. The molecule has 0 fully saturated rings. The lowest BCUT2D eigenvalue weighted by Gasteiger charge is -2.21. The summed E-state index contributed by atoms with van der Waals surface area (Å²) in [5.41, 5.74) is 0. The minimum atomic E-state index is -5.03. The summed E-state index contributed by atoms with van der Waals surface area (Å²) >= 11 is 0. The third-order valence-corrected chi connectivity index (χ3v) is 17.5. The summed E-state index contributed by atoms with van der Waals surface area (Å²) in [6.07, 6.45) is 103. The molecule has 0 saturated carbocycles. The monoisotopic (exact) mass is 1570 g/mol. The maximum Gasteiger partial charge on any atom is 0.472 e. The van der Waals surface area contributed by atoms with Crippen LogP contribution in [0.3, 0.4) is 0 Å². The van der Waals surface area contributed by atoms with Gasteiger partial charge in [0, 0.05) is 25.7 Å². The van der Waals surface area contributed by atoms with Gasteiger partial charge in [-0.2, -0.15) is 0 Å². The van der Waals surface area contributed by atoms with Crippen molar-refractivity contribution in [3.63, 3.8) is 0 Å². The molecule has 0 saturated heterocycles. The molecule has 17 nitrogen and oxygen atoms in total. The molecule has 0 radical (unpaired) electrons. The standard InChI is InChI=1S/C91H140O17P2/c1-5-9-13-17-21-25-29-33-37-40-42-45-49-52-56-60-64-68-72-76-89(94)102-82-87(108-91(96)78-74-70-66-62-58-54-50-46-43-41-38-34-30-26-22-18-14-10-6-2)84-106-110(99,100)104-80-85(92)79-103-109(97,98)105-83-86(107-90(95)77-73-69-65-61-57-53-47-36-32-28-24-20-16-12-8-4)81-101-88(93)75-71-67-63-59-55-51-48-44-39-35-31-27-23-19-15-11-7-3/h9-16,21-28,33-39,42-43,45-48,51-52,54,56,58-59,63-64,68,85-87,92H,5-8,17-20,29-32,40-41,44,49-50,53,55,57,60-62,65-67,69-84H2,1-4H3,(H,97,98)(H,99,100)/b13-9-,14-10-,15-11-,16-12-,25-21-,26-22-,27-23-,28-24-,37-33-,38-34-,39-35-,45-42-,46-43-,47-36-,51-48-,56-52-,58-54-,63-59-,68-64-. The molecule has 616 valence electrons. The van der Waals surface area contributed by atoms with Crippen LogP contribution in [-0.2, 0) is 65.4 Å². The Labute approximate surface area is 664 Å². The Kier molecular flexibility index (Phi) is 75.2. The number of carbonyl (C=O) groups is 4. The van der Waals surface area contributed by atoms with Crippen molar-refractivity contribution in [2.75, 3.05) is 39.6 Å². The van der Waals surface area contributed by atoms with E-state index in [4.69, 9.17) is 37.0 Å². The highest BCUT2D eigenvalue weighted by Crippen LogP contribution is 2.45. The first-order valence-corrected chi connectivity index (χ1v) is 43.6. The number of ether oxygens (including phenoxy) is 4. The first-order chi connectivity index (χ1) is 53.7. The van der Waals surface area contributed by atoms with Gasteiger partial charge in [0.15, 0.2) is 12.2 Å². The molecule has 110 heavy (non-hydrogen) atoms. The summed E-state index contributed by atoms with van der Waals surface area (Å²) in [5, 5.41) is 10.7. The summed E-state index contributed by atoms with van der Waals surface area (Å²) in [4.78, 5) is 73.1. The Bertz CT molecular complexity index is 3000. The van der Waals surface area contributed by atoms with Crippen molar-refractivity contribution < 1.29 is 80.2 Å². The molecule has 0 aliphatic carbocycles. The number of aliphatic hydroxyl groups is 1. The van der Waals surface area contributed by atoms with Gasteiger partial charge in [-0.1, -0.05) is 284 Å². The molecular weight excluding hydrogens is 1430 g/mol. The van der Waals surface area contributed by atoms with E-state index in [9.17, 15) is 43.2 Å². The van der Waals surface area contributed by atoms with Crippen LogP contribution >= 0.6 is 15.6 Å². The van der Waals surface area contributed by atoms with Crippen molar-refractivity contribution in [2.45, 2.75) is 277 Å². The van der Waals surface area contributed by atoms with Crippen LogP contribution in [0.1, 0.15) is 259 Å². The molecular formula is C91H140O17P2. The fraction of sp³-hybridized carbons (Fsp3) is 0.538. The number of esters is 4. The number of hydrogen-bond acceptors (Lipinski definition) is 15. The van der Waals surface area contributed by atoms with Gasteiger partial charge in [-0.3, -0.25) is 37.3 Å². The molecule has 0 aromatic heterocycles. The fourth-order valence-electron chi connectivity index (χ4n) is 9.61. The molecule has 0 aliphatic rings. The quantitative estimate of drug-likeness (QED) is 0.0169. The summed E-state index contributed by atoms with van der Waals surface area (Å²) in [6.45, 7) is 4.17. The van der Waals surface area contributed by atoms with Crippen LogP contribution < -0.4 is 0 Å². The zero-order chi connectivity index (χ0) is 80.3. The summed E-state index contributed by atoms with van der Waals surface area (Å²) in [6, 6.07) is 0. The van der Waals surface area contributed by atoms with Gasteiger partial charge in [-0.25, -0.2) is 9.13 Å². The lowest BCUT2D eigenvalue weighted by Crippen LogP contribution is -2.30. The van der Waals surface area contributed by atoms with Gasteiger partial charge in [0.05, 0.1) is 26.4 Å². The first kappa shape index (κ1) is 103. The normalized spacial score (nSPS) is 15.0. The second kappa shape index (κ2) is 80.2. The maximum absolute atomic E-state index is 13.1. The van der Waals surface area contributed by atoms with Gasteiger partial charge >= 0.3 is 39.5 Å². The molecule has 0 aliphatic heterocycles. The smallest absolute Gasteiger partial charge is 0.462 e. The van der Waals surface area contributed by atoms with Gasteiger partial charge in [-0.15, -0.1) is 0 Å². The molecule has 19 heteroatoms. The predicted octanol–water partition coefficient (Wildman–Crippen LogP) is 24.2. The molecule has 0 rings (SSSR count). The average molecular weight is 1570 g/mol. The van der Waals surface area contributed by atoms with Gasteiger partial charge in [0.2, 0.25) is 0 Å². The van der Waals surface area contributed by atoms with Crippen LogP contribution in [-0.4, -0.2) is 96.7 Å². The molecule has 0 aromatic rings. The highest BCUT2D eigenvalue weighted by Gasteiger charge is 2.30. The highest BCUT2D eigenvalue weighted by molar-refractivity contribution is 7.47. The Balaban J connectivity index is 5.58. The van der Waals surface area contributed by atoms with Gasteiger partial charge < -0.3 is 33.8 Å². The molecule has 3 N–H and O–H groups in total. The van der Waals surface area contributed by atoms with Crippen molar-refractivity contribution in [1.29, 1.82) is 0 Å². The van der Waals surface area contributed by atoms with Crippen LogP contribution in [0.5, 0.6) is 0 Å². The summed E-state index contributed by atoms with van der Waals surface area (Å²) < 4.78 is 68.5. The largest absolute Gasteiger partial charge is 0.472 e. The van der Waals surface area contributed by atoms with E-state index >= 15 is 0 Å². The van der Waals surface area contributed by atoms with Gasteiger partial charge in [0.1, 0.15) is 19.3 Å². The summed E-state index contributed by atoms with van der Waals surface area (Å²) in [7, 11) is -10.0. The molecule has 0 spiro atoms. The van der Waals surface area contributed by atoms with Crippen LogP contribution in [0.4, 0.5) is 0 Å². The second-order valence-corrected chi connectivity index (χ2v) is 28.7. The number of unbranched alkanes of at least 4 members (excludes halogenated alkanes) is 9.